The van der Waals surface area contributed by atoms with Crippen molar-refractivity contribution in [3.05, 3.63) is 41.7 Å². The lowest BCUT2D eigenvalue weighted by Gasteiger charge is -2.32. The molecule has 5 nitrogen and oxygen atoms in total. The first-order chi connectivity index (χ1) is 10.3. The average molecular weight is 285 g/mol. The standard InChI is InChI=1S/C16H19N3O2/c1-21-16(20)14(12-17)15(19-10-6-3-7-11-19)18-13-8-4-2-5-9-13/h2,4-5,8-9,18H,3,6-7,10-11H2,1H3/b15-14+. The lowest BCUT2D eigenvalue weighted by molar-refractivity contribution is -0.135. The lowest BCUT2D eigenvalue weighted by atomic mass is 10.1. The number of esters is 1. The van der Waals surface area contributed by atoms with Crippen LogP contribution in [0.4, 0.5) is 5.69 Å². The van der Waals surface area contributed by atoms with E-state index < -0.39 is 5.97 Å². The molecule has 0 atom stereocenters. The van der Waals surface area contributed by atoms with E-state index in [0.29, 0.717) is 5.82 Å². The van der Waals surface area contributed by atoms with E-state index in [1.807, 2.05) is 41.3 Å². The summed E-state index contributed by atoms with van der Waals surface area (Å²) < 4.78 is 4.73. The smallest absolute Gasteiger partial charge is 0.352 e. The van der Waals surface area contributed by atoms with Crippen molar-refractivity contribution in [2.75, 3.05) is 25.5 Å². The highest BCUT2D eigenvalue weighted by molar-refractivity contribution is 5.94. The Bertz CT molecular complexity index is 555. The molecular weight excluding hydrogens is 266 g/mol. The lowest BCUT2D eigenvalue weighted by Crippen LogP contribution is -2.34. The molecule has 0 radical (unpaired) electrons. The molecule has 2 rings (SSSR count). The predicted octanol–water partition coefficient (Wildman–Crippen LogP) is 2.49. The van der Waals surface area contributed by atoms with Gasteiger partial charge in [0.15, 0.2) is 5.57 Å². The van der Waals surface area contributed by atoms with Crippen molar-refractivity contribution >= 4 is 11.7 Å². The second kappa shape index (κ2) is 7.34. The van der Waals surface area contributed by atoms with Crippen molar-refractivity contribution in [2.24, 2.45) is 0 Å². The average Bonchev–Trinajstić information content (AvgIpc) is 2.56. The van der Waals surface area contributed by atoms with Gasteiger partial charge in [-0.15, -0.1) is 0 Å². The highest BCUT2D eigenvalue weighted by Crippen LogP contribution is 2.20. The van der Waals surface area contributed by atoms with Crippen molar-refractivity contribution in [3.8, 4) is 6.07 Å². The van der Waals surface area contributed by atoms with Crippen LogP contribution in [0, 0.1) is 11.3 Å². The van der Waals surface area contributed by atoms with Crippen LogP contribution in [-0.2, 0) is 9.53 Å². The van der Waals surface area contributed by atoms with Gasteiger partial charge in [-0.1, -0.05) is 18.2 Å². The number of likely N-dealkylation sites (tertiary alicyclic amines) is 1. The maximum absolute atomic E-state index is 11.8. The molecule has 0 aromatic heterocycles. The highest BCUT2D eigenvalue weighted by Gasteiger charge is 2.22. The van der Waals surface area contributed by atoms with E-state index in [1.165, 1.54) is 13.5 Å². The van der Waals surface area contributed by atoms with Crippen molar-refractivity contribution in [2.45, 2.75) is 19.3 Å². The fraction of sp³-hybridized carbons (Fsp3) is 0.375. The number of anilines is 1. The Hall–Kier alpha value is -2.48. The summed E-state index contributed by atoms with van der Waals surface area (Å²) in [6, 6.07) is 11.5. The maximum Gasteiger partial charge on any atom is 0.352 e. The van der Waals surface area contributed by atoms with Gasteiger partial charge in [-0.05, 0) is 31.4 Å². The minimum absolute atomic E-state index is 0.0169. The normalized spacial score (nSPS) is 15.7. The number of nitriles is 1. The van der Waals surface area contributed by atoms with E-state index in [0.717, 1.165) is 31.6 Å². The summed E-state index contributed by atoms with van der Waals surface area (Å²) in [6.45, 7) is 1.66. The summed E-state index contributed by atoms with van der Waals surface area (Å²) in [4.78, 5) is 13.9. The van der Waals surface area contributed by atoms with Gasteiger partial charge in [0.2, 0.25) is 0 Å². The van der Waals surface area contributed by atoms with E-state index in [9.17, 15) is 10.1 Å². The van der Waals surface area contributed by atoms with E-state index >= 15 is 0 Å². The van der Waals surface area contributed by atoms with Gasteiger partial charge in [-0.2, -0.15) is 5.26 Å². The number of benzene rings is 1. The Balaban J connectivity index is 2.35. The number of piperidine rings is 1. The molecule has 110 valence electrons. The van der Waals surface area contributed by atoms with E-state index in [-0.39, 0.29) is 5.57 Å². The maximum atomic E-state index is 11.8. The van der Waals surface area contributed by atoms with Crippen LogP contribution >= 0.6 is 0 Å². The van der Waals surface area contributed by atoms with Crippen molar-refractivity contribution < 1.29 is 9.53 Å². The number of hydrogen-bond acceptors (Lipinski definition) is 5. The molecule has 0 aliphatic carbocycles. The van der Waals surface area contributed by atoms with Crippen molar-refractivity contribution in [1.82, 2.24) is 4.90 Å². The molecule has 0 spiro atoms. The van der Waals surface area contributed by atoms with Crippen LogP contribution in [0.25, 0.3) is 0 Å². The first kappa shape index (κ1) is 14.9. The zero-order chi connectivity index (χ0) is 15.1. The topological polar surface area (TPSA) is 65.4 Å². The van der Waals surface area contributed by atoms with Gasteiger partial charge in [0.05, 0.1) is 7.11 Å². The number of carbonyl (C=O) groups is 1. The summed E-state index contributed by atoms with van der Waals surface area (Å²) in [5, 5.41) is 12.5. The van der Waals surface area contributed by atoms with Crippen LogP contribution in [0.15, 0.2) is 41.7 Å². The molecule has 0 amide bonds. The van der Waals surface area contributed by atoms with Gasteiger partial charge in [0.1, 0.15) is 11.9 Å². The van der Waals surface area contributed by atoms with Gasteiger partial charge >= 0.3 is 5.97 Å². The third-order valence-electron chi connectivity index (χ3n) is 3.45. The molecule has 0 bridgehead atoms. The molecule has 1 saturated heterocycles. The predicted molar refractivity (Wildman–Crippen MR) is 80.1 cm³/mol. The molecule has 1 aromatic rings. The van der Waals surface area contributed by atoms with Gasteiger partial charge in [-0.25, -0.2) is 4.79 Å². The summed E-state index contributed by atoms with van der Waals surface area (Å²) in [5.41, 5.74) is 0.859. The molecule has 1 aliphatic rings. The third-order valence-corrected chi connectivity index (χ3v) is 3.45. The Morgan fingerprint density at radius 1 is 1.24 bits per heavy atom. The number of nitrogens with one attached hydrogen (secondary N) is 1. The van der Waals surface area contributed by atoms with Crippen molar-refractivity contribution in [1.29, 1.82) is 5.26 Å². The van der Waals surface area contributed by atoms with Gasteiger partial charge in [0, 0.05) is 18.8 Å². The van der Waals surface area contributed by atoms with E-state index in [4.69, 9.17) is 4.74 Å². The summed E-state index contributed by atoms with van der Waals surface area (Å²) in [5.74, 6) is -0.0724. The van der Waals surface area contributed by atoms with Crippen LogP contribution < -0.4 is 5.32 Å². The van der Waals surface area contributed by atoms with E-state index in [2.05, 4.69) is 5.32 Å². The molecule has 1 N–H and O–H groups in total. The quantitative estimate of drug-likeness (QED) is 0.523. The Morgan fingerprint density at radius 2 is 1.90 bits per heavy atom. The molecule has 1 fully saturated rings. The number of para-hydroxylation sites is 1. The molecule has 1 aliphatic heterocycles. The van der Waals surface area contributed by atoms with E-state index in [1.54, 1.807) is 0 Å². The Morgan fingerprint density at radius 3 is 2.48 bits per heavy atom. The van der Waals surface area contributed by atoms with Crippen molar-refractivity contribution in [3.63, 3.8) is 0 Å². The molecule has 5 heteroatoms. The molecular formula is C16H19N3O2. The number of hydrogen-bond donors (Lipinski definition) is 1. The Labute approximate surface area is 124 Å². The molecule has 1 heterocycles. The highest BCUT2D eigenvalue weighted by atomic mass is 16.5. The number of carbonyl (C=O) groups excluding carboxylic acids is 1. The van der Waals surface area contributed by atoms with Crippen LogP contribution in [0.2, 0.25) is 0 Å². The number of rotatable bonds is 4. The van der Waals surface area contributed by atoms with Gasteiger partial charge in [0.25, 0.3) is 0 Å². The summed E-state index contributed by atoms with van der Waals surface area (Å²) in [6.07, 6.45) is 3.29. The van der Waals surface area contributed by atoms with Gasteiger partial charge in [-0.3, -0.25) is 0 Å². The first-order valence-corrected chi connectivity index (χ1v) is 7.06. The summed E-state index contributed by atoms with van der Waals surface area (Å²) in [7, 11) is 1.29. The fourth-order valence-corrected chi connectivity index (χ4v) is 2.37. The van der Waals surface area contributed by atoms with Crippen LogP contribution in [-0.4, -0.2) is 31.1 Å². The largest absolute Gasteiger partial charge is 0.465 e. The van der Waals surface area contributed by atoms with Crippen LogP contribution in [0.5, 0.6) is 0 Å². The summed E-state index contributed by atoms with van der Waals surface area (Å²) >= 11 is 0. The Kier molecular flexibility index (Phi) is 5.22. The zero-order valence-electron chi connectivity index (χ0n) is 12.1. The SMILES string of the molecule is COC(=O)/C(C#N)=C(\Nc1ccccc1)N1CCCCC1. The molecule has 0 unspecified atom stereocenters. The van der Waals surface area contributed by atoms with Crippen LogP contribution in [0.1, 0.15) is 19.3 Å². The minimum Gasteiger partial charge on any atom is -0.465 e. The molecule has 0 saturated carbocycles. The fourth-order valence-electron chi connectivity index (χ4n) is 2.37. The first-order valence-electron chi connectivity index (χ1n) is 7.06. The zero-order valence-corrected chi connectivity index (χ0v) is 12.1. The monoisotopic (exact) mass is 285 g/mol. The second-order valence-electron chi connectivity index (χ2n) is 4.87. The minimum atomic E-state index is -0.610. The van der Waals surface area contributed by atoms with Crippen LogP contribution in [0.3, 0.4) is 0 Å². The number of ether oxygens (including phenoxy) is 1. The third kappa shape index (κ3) is 3.76. The van der Waals surface area contributed by atoms with Gasteiger partial charge < -0.3 is 15.0 Å². The molecule has 21 heavy (non-hydrogen) atoms. The number of nitrogens with zero attached hydrogens (tertiary/aromatic N) is 2. The molecule has 1 aromatic carbocycles. The second-order valence-corrected chi connectivity index (χ2v) is 4.87. The number of methoxy groups -OCH3 is 1.